The quantitative estimate of drug-likeness (QED) is 0.315. The highest BCUT2D eigenvalue weighted by molar-refractivity contribution is 7.07. The Morgan fingerprint density at radius 3 is 2.54 bits per heavy atom. The second-order valence-corrected chi connectivity index (χ2v) is 10.2. The Labute approximate surface area is 219 Å². The van der Waals surface area contributed by atoms with Crippen LogP contribution < -0.4 is 14.9 Å². The predicted octanol–water partition coefficient (Wildman–Crippen LogP) is 6.04. The number of halogens is 3. The number of benzene rings is 2. The minimum absolute atomic E-state index is 0.191. The van der Waals surface area contributed by atoms with E-state index < -0.39 is 6.04 Å². The van der Waals surface area contributed by atoms with E-state index in [2.05, 4.69) is 4.99 Å². The number of carbonyl (C=O) groups is 1. The first-order chi connectivity index (χ1) is 16.7. The molecule has 5 rings (SSSR count). The monoisotopic (exact) mass is 542 g/mol. The normalized spacial score (nSPS) is 15.8. The lowest BCUT2D eigenvalue weighted by Gasteiger charge is -2.22. The first-order valence-electron chi connectivity index (χ1n) is 10.6. The van der Waals surface area contributed by atoms with E-state index in [0.29, 0.717) is 47.2 Å². The van der Waals surface area contributed by atoms with Crippen LogP contribution in [0.5, 0.6) is 0 Å². The first kappa shape index (κ1) is 23.8. The van der Waals surface area contributed by atoms with Crippen molar-refractivity contribution in [1.29, 1.82) is 0 Å². The minimum Gasteiger partial charge on any atom is -0.458 e. The van der Waals surface area contributed by atoms with E-state index in [1.807, 2.05) is 18.2 Å². The van der Waals surface area contributed by atoms with Crippen molar-refractivity contribution in [2.45, 2.75) is 19.9 Å². The number of fused-ring (bicyclic) bond motifs is 1. The van der Waals surface area contributed by atoms with Gasteiger partial charge in [-0.25, -0.2) is 4.99 Å². The van der Waals surface area contributed by atoms with Crippen LogP contribution in [0.3, 0.4) is 0 Å². The maximum absolute atomic E-state index is 13.6. The first-order valence-corrected chi connectivity index (χ1v) is 12.5. The fraction of sp³-hybridized carbons (Fsp3) is 0.115. The molecule has 3 heterocycles. The highest BCUT2D eigenvalue weighted by Crippen LogP contribution is 2.35. The molecule has 0 spiro atoms. The number of aromatic nitrogens is 1. The van der Waals surface area contributed by atoms with E-state index in [-0.39, 0.29) is 11.3 Å². The van der Waals surface area contributed by atoms with E-state index in [4.69, 9.17) is 39.2 Å². The number of carbonyl (C=O) groups excluding carboxylic acids is 1. The van der Waals surface area contributed by atoms with Crippen LogP contribution >= 0.6 is 46.1 Å². The number of allylic oxidation sites excluding steroid dienone is 2. The summed E-state index contributed by atoms with van der Waals surface area (Å²) in [5.41, 5.74) is 2.11. The lowest BCUT2D eigenvalue weighted by atomic mass is 9.98. The zero-order valence-corrected chi connectivity index (χ0v) is 21.6. The summed E-state index contributed by atoms with van der Waals surface area (Å²) in [6.45, 7) is 3.22. The van der Waals surface area contributed by atoms with Gasteiger partial charge in [-0.1, -0.05) is 64.3 Å². The smallest absolute Gasteiger partial charge is 0.271 e. The van der Waals surface area contributed by atoms with Crippen LogP contribution in [-0.4, -0.2) is 10.4 Å². The average molecular weight is 544 g/mol. The molecule has 0 aliphatic carbocycles. The maximum Gasteiger partial charge on any atom is 0.271 e. The van der Waals surface area contributed by atoms with Gasteiger partial charge >= 0.3 is 0 Å². The standard InChI is InChI=1S/C26H17Cl3N2O3S/c1-13-23(14(2)32)24(21-10-9-20(34-21)16-7-8-18(28)19(29)11-16)31-25(33)22(35-26(31)30-13)12-15-5-3-4-6-17(15)27/h3-12,24H,1-2H3/b22-12+/t24-/m0/s1. The van der Waals surface area contributed by atoms with Gasteiger partial charge in [0.2, 0.25) is 0 Å². The van der Waals surface area contributed by atoms with Gasteiger partial charge in [0, 0.05) is 21.9 Å². The highest BCUT2D eigenvalue weighted by Gasteiger charge is 2.33. The molecule has 1 aliphatic heterocycles. The van der Waals surface area contributed by atoms with Crippen molar-refractivity contribution in [3.05, 3.63) is 112 Å². The zero-order valence-electron chi connectivity index (χ0n) is 18.5. The third-order valence-electron chi connectivity index (χ3n) is 5.69. The fourth-order valence-corrected chi connectivity index (χ4v) is 5.60. The summed E-state index contributed by atoms with van der Waals surface area (Å²) in [5, 5.41) is 1.37. The summed E-state index contributed by atoms with van der Waals surface area (Å²) in [7, 11) is 0. The number of nitrogens with zero attached hydrogens (tertiary/aromatic N) is 2. The van der Waals surface area contributed by atoms with Gasteiger partial charge in [0.05, 0.1) is 14.6 Å². The van der Waals surface area contributed by atoms with Crippen LogP contribution in [-0.2, 0) is 4.79 Å². The van der Waals surface area contributed by atoms with Crippen molar-refractivity contribution in [3.8, 4) is 11.3 Å². The molecule has 1 aliphatic rings. The van der Waals surface area contributed by atoms with Crippen molar-refractivity contribution in [2.75, 3.05) is 0 Å². The number of furan rings is 1. The van der Waals surface area contributed by atoms with Gasteiger partial charge in [0.15, 0.2) is 10.6 Å². The summed E-state index contributed by atoms with van der Waals surface area (Å²) in [5.74, 6) is 0.786. The van der Waals surface area contributed by atoms with Crippen molar-refractivity contribution in [3.63, 3.8) is 0 Å². The molecule has 2 aromatic heterocycles. The van der Waals surface area contributed by atoms with Crippen molar-refractivity contribution in [2.24, 2.45) is 4.99 Å². The third-order valence-corrected chi connectivity index (χ3v) is 7.76. The largest absolute Gasteiger partial charge is 0.458 e. The summed E-state index contributed by atoms with van der Waals surface area (Å²) in [6, 6.07) is 15.2. The summed E-state index contributed by atoms with van der Waals surface area (Å²) in [6.07, 6.45) is 1.74. The molecule has 2 aromatic carbocycles. The molecule has 35 heavy (non-hydrogen) atoms. The molecule has 0 radical (unpaired) electrons. The molecule has 0 unspecified atom stereocenters. The molecule has 9 heteroatoms. The second kappa shape index (κ2) is 9.28. The van der Waals surface area contributed by atoms with Gasteiger partial charge < -0.3 is 4.42 Å². The number of Topliss-reactive ketones (excluding diaryl/α,β-unsaturated/α-hetero) is 1. The molecular formula is C26H17Cl3N2O3S. The number of hydrogen-bond donors (Lipinski definition) is 0. The molecule has 0 saturated carbocycles. The SMILES string of the molecule is CC(=O)C1=C(C)N=c2s/c(=C/c3ccccc3Cl)c(=O)n2[C@H]1c1ccc(-c2ccc(Cl)c(Cl)c2)o1. The Kier molecular flexibility index (Phi) is 6.32. The van der Waals surface area contributed by atoms with Crippen molar-refractivity contribution in [1.82, 2.24) is 4.57 Å². The van der Waals surface area contributed by atoms with E-state index in [1.54, 1.807) is 49.4 Å². The molecule has 0 bridgehead atoms. The molecule has 0 saturated heterocycles. The Hall–Kier alpha value is -2.90. The maximum atomic E-state index is 13.6. The van der Waals surface area contributed by atoms with Gasteiger partial charge in [-0.3, -0.25) is 14.2 Å². The lowest BCUT2D eigenvalue weighted by Crippen LogP contribution is -2.39. The second-order valence-electron chi connectivity index (χ2n) is 7.99. The molecule has 1 atom stereocenters. The Morgan fingerprint density at radius 1 is 1.06 bits per heavy atom. The van der Waals surface area contributed by atoms with E-state index in [1.165, 1.54) is 22.8 Å². The molecule has 5 nitrogen and oxygen atoms in total. The molecule has 0 amide bonds. The van der Waals surface area contributed by atoms with Crippen LogP contribution in [0.1, 0.15) is 31.2 Å². The van der Waals surface area contributed by atoms with Crippen LogP contribution in [0, 0.1) is 0 Å². The average Bonchev–Trinajstić information content (AvgIpc) is 3.41. The number of hydrogen-bond acceptors (Lipinski definition) is 5. The summed E-state index contributed by atoms with van der Waals surface area (Å²) in [4.78, 5) is 31.3. The van der Waals surface area contributed by atoms with Gasteiger partial charge in [0.1, 0.15) is 17.6 Å². The van der Waals surface area contributed by atoms with Crippen molar-refractivity contribution >= 4 is 58.0 Å². The Bertz CT molecular complexity index is 1710. The van der Waals surface area contributed by atoms with E-state index >= 15 is 0 Å². The Morgan fingerprint density at radius 2 is 1.83 bits per heavy atom. The summed E-state index contributed by atoms with van der Waals surface area (Å²) >= 11 is 19.8. The summed E-state index contributed by atoms with van der Waals surface area (Å²) < 4.78 is 8.14. The number of rotatable bonds is 4. The van der Waals surface area contributed by atoms with Crippen molar-refractivity contribution < 1.29 is 9.21 Å². The fourth-order valence-electron chi connectivity index (χ4n) is 4.08. The molecule has 0 fully saturated rings. The third kappa shape index (κ3) is 4.32. The topological polar surface area (TPSA) is 64.6 Å². The van der Waals surface area contributed by atoms with Gasteiger partial charge in [-0.05, 0) is 61.9 Å². The van der Waals surface area contributed by atoms with Crippen LogP contribution in [0.15, 0.2) is 80.1 Å². The Balaban J connectivity index is 1.70. The van der Waals surface area contributed by atoms with E-state index in [0.717, 1.165) is 11.1 Å². The minimum atomic E-state index is -0.756. The number of thiazole rings is 1. The lowest BCUT2D eigenvalue weighted by molar-refractivity contribution is -0.114. The zero-order chi connectivity index (χ0) is 24.9. The van der Waals surface area contributed by atoms with Gasteiger partial charge in [0.25, 0.3) is 5.56 Å². The van der Waals surface area contributed by atoms with Crippen LogP contribution in [0.2, 0.25) is 15.1 Å². The molecular weight excluding hydrogens is 527 g/mol. The van der Waals surface area contributed by atoms with Gasteiger partial charge in [-0.15, -0.1) is 0 Å². The molecule has 0 N–H and O–H groups in total. The number of ketones is 1. The predicted molar refractivity (Wildman–Crippen MR) is 140 cm³/mol. The van der Waals surface area contributed by atoms with Gasteiger partial charge in [-0.2, -0.15) is 0 Å². The van der Waals surface area contributed by atoms with E-state index in [9.17, 15) is 9.59 Å². The highest BCUT2D eigenvalue weighted by atomic mass is 35.5. The molecule has 176 valence electrons. The van der Waals surface area contributed by atoms with Crippen LogP contribution in [0.25, 0.3) is 17.4 Å². The van der Waals surface area contributed by atoms with Crippen LogP contribution in [0.4, 0.5) is 0 Å². The molecule has 4 aromatic rings.